The van der Waals surface area contributed by atoms with Gasteiger partial charge in [-0.05, 0) is 31.2 Å². The SMILES string of the molecule is CC1COc2cc(Cl)ccc2N1C(=O)N1CCN(c2noc3ccccc23)CC1. The van der Waals surface area contributed by atoms with E-state index in [0.29, 0.717) is 43.6 Å². The largest absolute Gasteiger partial charge is 0.489 e. The lowest BCUT2D eigenvalue weighted by Gasteiger charge is -2.41. The Balaban J connectivity index is 1.33. The van der Waals surface area contributed by atoms with Gasteiger partial charge in [0.05, 0.1) is 17.1 Å². The van der Waals surface area contributed by atoms with Gasteiger partial charge in [0.25, 0.3) is 0 Å². The molecule has 29 heavy (non-hydrogen) atoms. The number of carbonyl (C=O) groups excluding carboxylic acids is 1. The maximum absolute atomic E-state index is 13.3. The molecule has 0 bridgehead atoms. The van der Waals surface area contributed by atoms with E-state index < -0.39 is 0 Å². The van der Waals surface area contributed by atoms with Crippen LogP contribution in [0.25, 0.3) is 11.0 Å². The Kier molecular flexibility index (Phi) is 4.47. The normalized spacial score (nSPS) is 19.2. The van der Waals surface area contributed by atoms with Crippen LogP contribution in [0, 0.1) is 0 Å². The molecule has 3 heterocycles. The maximum atomic E-state index is 13.3. The van der Waals surface area contributed by atoms with Gasteiger partial charge in [-0.3, -0.25) is 4.90 Å². The zero-order chi connectivity index (χ0) is 20.0. The van der Waals surface area contributed by atoms with Gasteiger partial charge in [-0.1, -0.05) is 28.9 Å². The van der Waals surface area contributed by atoms with E-state index in [-0.39, 0.29) is 12.1 Å². The zero-order valence-electron chi connectivity index (χ0n) is 16.0. The highest BCUT2D eigenvalue weighted by molar-refractivity contribution is 6.30. The second-order valence-corrected chi connectivity index (χ2v) is 7.84. The van der Waals surface area contributed by atoms with Gasteiger partial charge in [0.1, 0.15) is 12.4 Å². The number of anilines is 2. The van der Waals surface area contributed by atoms with Gasteiger partial charge in [-0.15, -0.1) is 0 Å². The van der Waals surface area contributed by atoms with Crippen LogP contribution in [0.3, 0.4) is 0 Å². The van der Waals surface area contributed by atoms with Crippen molar-refractivity contribution >= 4 is 40.1 Å². The number of urea groups is 1. The van der Waals surface area contributed by atoms with Gasteiger partial charge in [-0.2, -0.15) is 0 Å². The van der Waals surface area contributed by atoms with Gasteiger partial charge in [0, 0.05) is 37.3 Å². The fourth-order valence-electron chi connectivity index (χ4n) is 3.98. The highest BCUT2D eigenvalue weighted by Gasteiger charge is 2.34. The maximum Gasteiger partial charge on any atom is 0.325 e. The Labute approximate surface area is 173 Å². The Morgan fingerprint density at radius 3 is 2.76 bits per heavy atom. The summed E-state index contributed by atoms with van der Waals surface area (Å²) < 4.78 is 11.2. The third kappa shape index (κ3) is 3.15. The van der Waals surface area contributed by atoms with Crippen LogP contribution in [-0.4, -0.2) is 54.9 Å². The lowest BCUT2D eigenvalue weighted by Crippen LogP contribution is -2.56. The highest BCUT2D eigenvalue weighted by Crippen LogP contribution is 2.37. The fourth-order valence-corrected chi connectivity index (χ4v) is 4.14. The molecule has 1 saturated heterocycles. The minimum absolute atomic E-state index is 0.00552. The number of nitrogens with zero attached hydrogens (tertiary/aromatic N) is 4. The number of rotatable bonds is 1. The first-order valence-electron chi connectivity index (χ1n) is 9.71. The molecule has 2 aliphatic rings. The average Bonchev–Trinajstić information content (AvgIpc) is 3.18. The molecule has 8 heteroatoms. The van der Waals surface area contributed by atoms with Crippen LogP contribution in [0.4, 0.5) is 16.3 Å². The predicted octanol–water partition coefficient (Wildman–Crippen LogP) is 4.01. The van der Waals surface area contributed by atoms with Crippen molar-refractivity contribution in [2.24, 2.45) is 0 Å². The molecule has 5 rings (SSSR count). The smallest absolute Gasteiger partial charge is 0.325 e. The third-order valence-corrected chi connectivity index (χ3v) is 5.75. The number of aromatic nitrogens is 1. The quantitative estimate of drug-likeness (QED) is 0.604. The van der Waals surface area contributed by atoms with Gasteiger partial charge >= 0.3 is 6.03 Å². The molecule has 7 nitrogen and oxygen atoms in total. The van der Waals surface area contributed by atoms with Gasteiger partial charge in [0.2, 0.25) is 0 Å². The number of ether oxygens (including phenoxy) is 1. The van der Waals surface area contributed by atoms with Crippen LogP contribution in [0.5, 0.6) is 5.75 Å². The standard InChI is InChI=1S/C21H21ClN4O3/c1-14-13-28-19-12-15(22)6-7-17(19)26(14)21(27)25-10-8-24(9-11-25)20-16-4-2-3-5-18(16)29-23-20/h2-7,12,14H,8-11,13H2,1H3. The lowest BCUT2D eigenvalue weighted by atomic mass is 10.1. The Morgan fingerprint density at radius 2 is 1.93 bits per heavy atom. The number of para-hydroxylation sites is 1. The minimum atomic E-state index is -0.0475. The Hall–Kier alpha value is -2.93. The number of halogens is 1. The van der Waals surface area contributed by atoms with Gasteiger partial charge in [-0.25, -0.2) is 4.79 Å². The second kappa shape index (κ2) is 7.15. The lowest BCUT2D eigenvalue weighted by molar-refractivity contribution is 0.190. The van der Waals surface area contributed by atoms with E-state index in [1.54, 1.807) is 12.1 Å². The van der Waals surface area contributed by atoms with E-state index in [1.807, 2.05) is 47.1 Å². The van der Waals surface area contributed by atoms with Gasteiger partial charge < -0.3 is 19.1 Å². The van der Waals surface area contributed by atoms with Gasteiger partial charge in [0.15, 0.2) is 11.4 Å². The van der Waals surface area contributed by atoms with E-state index >= 15 is 0 Å². The molecule has 0 radical (unpaired) electrons. The fraction of sp³-hybridized carbons (Fsp3) is 0.333. The molecule has 1 atom stereocenters. The number of carbonyl (C=O) groups is 1. The molecular formula is C21H21ClN4O3. The number of amides is 2. The van der Waals surface area contributed by atoms with Crippen molar-refractivity contribution in [2.45, 2.75) is 13.0 Å². The molecule has 0 aliphatic carbocycles. The summed E-state index contributed by atoms with van der Waals surface area (Å²) in [5.74, 6) is 1.49. The number of benzene rings is 2. The molecule has 2 aliphatic heterocycles. The van der Waals surface area contributed by atoms with Crippen molar-refractivity contribution in [3.05, 3.63) is 47.5 Å². The zero-order valence-corrected chi connectivity index (χ0v) is 16.8. The van der Waals surface area contributed by atoms with Crippen LogP contribution < -0.4 is 14.5 Å². The predicted molar refractivity (Wildman–Crippen MR) is 112 cm³/mol. The minimum Gasteiger partial charge on any atom is -0.489 e. The highest BCUT2D eigenvalue weighted by atomic mass is 35.5. The summed E-state index contributed by atoms with van der Waals surface area (Å²) in [6, 6.07) is 13.2. The molecule has 0 spiro atoms. The van der Waals surface area contributed by atoms with Crippen LogP contribution in [0.1, 0.15) is 6.92 Å². The van der Waals surface area contributed by atoms with Crippen LogP contribution in [0.2, 0.25) is 5.02 Å². The van der Waals surface area contributed by atoms with Crippen molar-refractivity contribution in [3.8, 4) is 5.75 Å². The monoisotopic (exact) mass is 412 g/mol. The first-order valence-corrected chi connectivity index (χ1v) is 10.1. The number of fused-ring (bicyclic) bond motifs is 2. The van der Waals surface area contributed by atoms with Crippen molar-refractivity contribution in [1.29, 1.82) is 0 Å². The van der Waals surface area contributed by atoms with E-state index in [1.165, 1.54) is 0 Å². The molecule has 0 saturated carbocycles. The van der Waals surface area contributed by atoms with Crippen molar-refractivity contribution in [2.75, 3.05) is 42.6 Å². The second-order valence-electron chi connectivity index (χ2n) is 7.40. The molecule has 3 aromatic rings. The number of hydrogen-bond donors (Lipinski definition) is 0. The third-order valence-electron chi connectivity index (χ3n) is 5.52. The summed E-state index contributed by atoms with van der Waals surface area (Å²) in [5.41, 5.74) is 1.54. The first kappa shape index (κ1) is 18.1. The number of piperazine rings is 1. The summed E-state index contributed by atoms with van der Waals surface area (Å²) >= 11 is 6.08. The van der Waals surface area contributed by atoms with E-state index in [2.05, 4.69) is 10.1 Å². The summed E-state index contributed by atoms with van der Waals surface area (Å²) in [5, 5.41) is 5.83. The van der Waals surface area contributed by atoms with Crippen molar-refractivity contribution < 1.29 is 14.1 Å². The van der Waals surface area contributed by atoms with Crippen molar-refractivity contribution in [3.63, 3.8) is 0 Å². The summed E-state index contributed by atoms with van der Waals surface area (Å²) in [4.78, 5) is 19.2. The molecule has 1 fully saturated rings. The summed E-state index contributed by atoms with van der Waals surface area (Å²) in [6.07, 6.45) is 0. The molecular weight excluding hydrogens is 392 g/mol. The van der Waals surface area contributed by atoms with Crippen LogP contribution in [-0.2, 0) is 0 Å². The topological polar surface area (TPSA) is 62.1 Å². The molecule has 1 unspecified atom stereocenters. The number of hydrogen-bond acceptors (Lipinski definition) is 5. The average molecular weight is 413 g/mol. The van der Waals surface area contributed by atoms with Crippen LogP contribution >= 0.6 is 11.6 Å². The van der Waals surface area contributed by atoms with E-state index in [0.717, 1.165) is 22.5 Å². The Morgan fingerprint density at radius 1 is 1.14 bits per heavy atom. The summed E-state index contributed by atoms with van der Waals surface area (Å²) in [6.45, 7) is 5.08. The van der Waals surface area contributed by atoms with Crippen LogP contribution in [0.15, 0.2) is 47.0 Å². The first-order chi connectivity index (χ1) is 14.1. The Bertz CT molecular complexity index is 1060. The molecule has 2 aromatic carbocycles. The van der Waals surface area contributed by atoms with Crippen molar-refractivity contribution in [1.82, 2.24) is 10.1 Å². The van der Waals surface area contributed by atoms with E-state index in [9.17, 15) is 4.79 Å². The molecule has 2 amide bonds. The molecule has 0 N–H and O–H groups in total. The van der Waals surface area contributed by atoms with E-state index in [4.69, 9.17) is 20.9 Å². The summed E-state index contributed by atoms with van der Waals surface area (Å²) in [7, 11) is 0. The molecule has 150 valence electrons. The molecule has 1 aromatic heterocycles.